The minimum absolute atomic E-state index is 0.0447. The van der Waals surface area contributed by atoms with Gasteiger partial charge >= 0.3 is 0 Å². The van der Waals surface area contributed by atoms with Gasteiger partial charge in [-0.1, -0.05) is 35.9 Å². The number of ether oxygens (including phenoxy) is 1. The maximum Gasteiger partial charge on any atom is 0.247 e. The van der Waals surface area contributed by atoms with E-state index in [-0.39, 0.29) is 11.9 Å². The van der Waals surface area contributed by atoms with Gasteiger partial charge in [-0.2, -0.15) is 0 Å². The smallest absolute Gasteiger partial charge is 0.247 e. The van der Waals surface area contributed by atoms with Crippen LogP contribution in [0.25, 0.3) is 6.08 Å². The van der Waals surface area contributed by atoms with E-state index in [4.69, 9.17) is 16.3 Å². The fourth-order valence-corrected chi connectivity index (χ4v) is 3.17. The van der Waals surface area contributed by atoms with Crippen LogP contribution in [0.5, 0.6) is 5.75 Å². The van der Waals surface area contributed by atoms with E-state index in [1.807, 2.05) is 59.5 Å². The molecule has 1 fully saturated rings. The molecule has 0 spiro atoms. The predicted molar refractivity (Wildman–Crippen MR) is 97.2 cm³/mol. The van der Waals surface area contributed by atoms with Crippen molar-refractivity contribution in [2.45, 2.75) is 18.9 Å². The Hall–Kier alpha value is -2.26. The molecule has 3 nitrogen and oxygen atoms in total. The third-order valence-corrected chi connectivity index (χ3v) is 4.58. The molecule has 0 saturated carbocycles. The van der Waals surface area contributed by atoms with Crippen LogP contribution in [-0.4, -0.2) is 24.5 Å². The number of likely N-dealkylation sites (tertiary alicyclic amines) is 1. The van der Waals surface area contributed by atoms with Gasteiger partial charge in [0.05, 0.1) is 13.2 Å². The summed E-state index contributed by atoms with van der Waals surface area (Å²) in [6.07, 6.45) is 5.50. The Bertz CT molecular complexity index is 722. The van der Waals surface area contributed by atoms with Crippen molar-refractivity contribution >= 4 is 23.6 Å². The Labute approximate surface area is 147 Å². The molecule has 1 saturated heterocycles. The van der Waals surface area contributed by atoms with E-state index in [1.54, 1.807) is 13.2 Å². The summed E-state index contributed by atoms with van der Waals surface area (Å²) < 4.78 is 5.20. The number of carbonyl (C=O) groups is 1. The lowest BCUT2D eigenvalue weighted by molar-refractivity contribution is -0.126. The molecule has 0 aliphatic carbocycles. The summed E-state index contributed by atoms with van der Waals surface area (Å²) in [5.41, 5.74) is 2.12. The molecule has 124 valence electrons. The molecule has 24 heavy (non-hydrogen) atoms. The maximum atomic E-state index is 12.6. The van der Waals surface area contributed by atoms with Crippen LogP contribution < -0.4 is 4.74 Å². The van der Waals surface area contributed by atoms with Gasteiger partial charge in [-0.25, -0.2) is 0 Å². The highest BCUT2D eigenvalue weighted by molar-refractivity contribution is 6.30. The highest BCUT2D eigenvalue weighted by Gasteiger charge is 2.28. The molecule has 1 atom stereocenters. The standard InChI is InChI=1S/C20H20ClNO2/c1-24-18-11-7-16(8-12-18)19-3-2-14-22(19)20(23)13-6-15-4-9-17(21)10-5-15/h4-13,19H,2-3,14H2,1H3/b13-6+/t19-/m0/s1. The van der Waals surface area contributed by atoms with Crippen LogP contribution in [0.2, 0.25) is 5.02 Å². The van der Waals surface area contributed by atoms with Crippen molar-refractivity contribution in [3.8, 4) is 5.75 Å². The molecule has 2 aromatic carbocycles. The van der Waals surface area contributed by atoms with Gasteiger partial charge in [0.2, 0.25) is 5.91 Å². The summed E-state index contributed by atoms with van der Waals surface area (Å²) >= 11 is 5.88. The first kappa shape index (κ1) is 16.6. The summed E-state index contributed by atoms with van der Waals surface area (Å²) in [4.78, 5) is 14.5. The first-order chi connectivity index (χ1) is 11.7. The van der Waals surface area contributed by atoms with Gasteiger partial charge in [-0.3, -0.25) is 4.79 Å². The third kappa shape index (κ3) is 3.80. The average molecular weight is 342 g/mol. The number of hydrogen-bond donors (Lipinski definition) is 0. The van der Waals surface area contributed by atoms with Gasteiger partial charge in [0.15, 0.2) is 0 Å². The van der Waals surface area contributed by atoms with Crippen LogP contribution >= 0.6 is 11.6 Å². The fraction of sp³-hybridized carbons (Fsp3) is 0.250. The minimum atomic E-state index is 0.0447. The summed E-state index contributed by atoms with van der Waals surface area (Å²) in [7, 11) is 1.65. The van der Waals surface area contributed by atoms with Gasteiger partial charge in [-0.15, -0.1) is 0 Å². The van der Waals surface area contributed by atoms with E-state index >= 15 is 0 Å². The third-order valence-electron chi connectivity index (χ3n) is 4.32. The first-order valence-electron chi connectivity index (χ1n) is 8.05. The average Bonchev–Trinajstić information content (AvgIpc) is 3.11. The molecule has 0 bridgehead atoms. The van der Waals surface area contributed by atoms with Gasteiger partial charge < -0.3 is 9.64 Å². The van der Waals surface area contributed by atoms with Crippen molar-refractivity contribution in [2.24, 2.45) is 0 Å². The topological polar surface area (TPSA) is 29.5 Å². The number of methoxy groups -OCH3 is 1. The molecular formula is C20H20ClNO2. The van der Waals surface area contributed by atoms with Gasteiger partial charge in [0, 0.05) is 17.6 Å². The van der Waals surface area contributed by atoms with E-state index in [2.05, 4.69) is 0 Å². The summed E-state index contributed by atoms with van der Waals surface area (Å²) in [6, 6.07) is 15.5. The normalized spacial score (nSPS) is 17.4. The van der Waals surface area contributed by atoms with Gasteiger partial charge in [0.25, 0.3) is 0 Å². The number of carbonyl (C=O) groups excluding carboxylic acids is 1. The van der Waals surface area contributed by atoms with Gasteiger partial charge in [-0.05, 0) is 54.3 Å². The second kappa shape index (κ2) is 7.54. The lowest BCUT2D eigenvalue weighted by Crippen LogP contribution is -2.28. The number of amides is 1. The van der Waals surface area contributed by atoms with E-state index in [0.717, 1.165) is 36.3 Å². The van der Waals surface area contributed by atoms with Crippen LogP contribution in [0, 0.1) is 0 Å². The van der Waals surface area contributed by atoms with E-state index in [9.17, 15) is 4.79 Å². The minimum Gasteiger partial charge on any atom is -0.497 e. The molecule has 3 rings (SSSR count). The first-order valence-corrected chi connectivity index (χ1v) is 8.43. The highest BCUT2D eigenvalue weighted by Crippen LogP contribution is 2.33. The quantitative estimate of drug-likeness (QED) is 0.753. The monoisotopic (exact) mass is 341 g/mol. The van der Waals surface area contributed by atoms with Crippen molar-refractivity contribution in [3.63, 3.8) is 0 Å². The van der Waals surface area contributed by atoms with Crippen molar-refractivity contribution < 1.29 is 9.53 Å². The molecule has 0 radical (unpaired) electrons. The molecular weight excluding hydrogens is 322 g/mol. The summed E-state index contributed by atoms with van der Waals surface area (Å²) in [5, 5.41) is 0.692. The lowest BCUT2D eigenvalue weighted by Gasteiger charge is -2.24. The number of halogens is 1. The Morgan fingerprint density at radius 2 is 1.88 bits per heavy atom. The molecule has 1 heterocycles. The summed E-state index contributed by atoms with van der Waals surface area (Å²) in [5.74, 6) is 0.875. The number of nitrogens with zero attached hydrogens (tertiary/aromatic N) is 1. The second-order valence-electron chi connectivity index (χ2n) is 5.85. The van der Waals surface area contributed by atoms with Crippen LogP contribution in [-0.2, 0) is 4.79 Å². The molecule has 4 heteroatoms. The van der Waals surface area contributed by atoms with E-state index in [1.165, 1.54) is 0 Å². The van der Waals surface area contributed by atoms with E-state index in [0.29, 0.717) is 5.02 Å². The van der Waals surface area contributed by atoms with Gasteiger partial charge in [0.1, 0.15) is 5.75 Å². The van der Waals surface area contributed by atoms with Crippen LogP contribution in [0.4, 0.5) is 0 Å². The Balaban J connectivity index is 1.71. The SMILES string of the molecule is COc1ccc([C@@H]2CCCN2C(=O)/C=C/c2ccc(Cl)cc2)cc1. The number of rotatable bonds is 4. The zero-order valence-corrected chi connectivity index (χ0v) is 14.4. The zero-order chi connectivity index (χ0) is 16.9. The molecule has 1 amide bonds. The molecule has 1 aliphatic rings. The largest absolute Gasteiger partial charge is 0.497 e. The Morgan fingerprint density at radius 3 is 2.54 bits per heavy atom. The summed E-state index contributed by atoms with van der Waals surface area (Å²) in [6.45, 7) is 0.792. The molecule has 0 aromatic heterocycles. The Morgan fingerprint density at radius 1 is 1.17 bits per heavy atom. The van der Waals surface area contributed by atoms with Crippen LogP contribution in [0.1, 0.15) is 30.0 Å². The van der Waals surface area contributed by atoms with Crippen LogP contribution in [0.3, 0.4) is 0 Å². The highest BCUT2D eigenvalue weighted by atomic mass is 35.5. The van der Waals surface area contributed by atoms with E-state index < -0.39 is 0 Å². The molecule has 1 aliphatic heterocycles. The van der Waals surface area contributed by atoms with Crippen molar-refractivity contribution in [1.82, 2.24) is 4.90 Å². The predicted octanol–water partition coefficient (Wildman–Crippen LogP) is 4.73. The number of hydrogen-bond acceptors (Lipinski definition) is 2. The number of benzene rings is 2. The zero-order valence-electron chi connectivity index (χ0n) is 13.6. The molecule has 2 aromatic rings. The maximum absolute atomic E-state index is 12.6. The van der Waals surface area contributed by atoms with Crippen molar-refractivity contribution in [2.75, 3.05) is 13.7 Å². The molecule has 0 N–H and O–H groups in total. The second-order valence-corrected chi connectivity index (χ2v) is 6.28. The lowest BCUT2D eigenvalue weighted by atomic mass is 10.0. The van der Waals surface area contributed by atoms with Crippen molar-refractivity contribution in [1.29, 1.82) is 0 Å². The fourth-order valence-electron chi connectivity index (χ4n) is 3.04. The Kier molecular flexibility index (Phi) is 5.21. The van der Waals surface area contributed by atoms with Crippen LogP contribution in [0.15, 0.2) is 54.6 Å². The van der Waals surface area contributed by atoms with Crippen molar-refractivity contribution in [3.05, 3.63) is 70.8 Å². The molecule has 0 unspecified atom stereocenters.